The minimum absolute atomic E-state index is 0.0641. The number of β-lactam (4-membered cyclic amide) rings is 1. The molecule has 0 radical (unpaired) electrons. The summed E-state index contributed by atoms with van der Waals surface area (Å²) in [6.07, 6.45) is 0.600. The van der Waals surface area contributed by atoms with Crippen LogP contribution in [0.25, 0.3) is 0 Å². The molecule has 0 spiro atoms. The van der Waals surface area contributed by atoms with Gasteiger partial charge in [-0.15, -0.1) is 23.1 Å². The van der Waals surface area contributed by atoms with E-state index in [9.17, 15) is 29.5 Å². The van der Waals surface area contributed by atoms with Gasteiger partial charge in [0, 0.05) is 46.4 Å². The molecule has 4 heterocycles. The standard InChI is InChI=1S/C39H33N7O6S2/c40-19-10-17-26(27-18-20-42-33(27)47)28-21-53-36-31(35(49)46(36)32(28)37(50)51)44-34(48)30(29-22-54-38(41)43-29)45-52-39(23-11-4-1-5-12-23,24-13-6-2-7-14-24)25-15-8-3-9-16-25/h1-9,11-16,22,31,36H,10,17-18,20-21H2,(H2,41,43)(H,42,47)(H,44,48)(H,50,51)/t31-,36-/m1/s1. The van der Waals surface area contributed by atoms with Crippen molar-refractivity contribution in [3.05, 3.63) is 141 Å². The van der Waals surface area contributed by atoms with Crippen molar-refractivity contribution in [3.8, 4) is 6.07 Å². The van der Waals surface area contributed by atoms with Crippen molar-refractivity contribution in [2.75, 3.05) is 18.0 Å². The van der Waals surface area contributed by atoms with Crippen LogP contribution in [0.1, 0.15) is 41.6 Å². The predicted molar refractivity (Wildman–Crippen MR) is 203 cm³/mol. The van der Waals surface area contributed by atoms with Crippen LogP contribution in [-0.4, -0.2) is 68.1 Å². The number of nitrogens with two attached hydrogens (primary N) is 1. The highest BCUT2D eigenvalue weighted by molar-refractivity contribution is 8.00. The summed E-state index contributed by atoms with van der Waals surface area (Å²) >= 11 is 2.35. The molecule has 4 aromatic rings. The molecule has 3 amide bonds. The molecule has 3 aromatic carbocycles. The van der Waals surface area contributed by atoms with E-state index in [1.54, 1.807) is 5.38 Å². The third-order valence-corrected chi connectivity index (χ3v) is 11.4. The number of allylic oxidation sites excluding steroid dienone is 1. The van der Waals surface area contributed by atoms with E-state index in [0.717, 1.165) is 32.9 Å². The highest BCUT2D eigenvalue weighted by Crippen LogP contribution is 2.44. The molecule has 15 heteroatoms. The van der Waals surface area contributed by atoms with Crippen LogP contribution in [0.3, 0.4) is 0 Å². The summed E-state index contributed by atoms with van der Waals surface area (Å²) in [7, 11) is 0. The summed E-state index contributed by atoms with van der Waals surface area (Å²) in [5, 5.41) is 30.6. The van der Waals surface area contributed by atoms with E-state index in [4.69, 9.17) is 10.6 Å². The number of carboxylic acid groups (broad SMARTS) is 1. The lowest BCUT2D eigenvalue weighted by atomic mass is 9.80. The number of rotatable bonds is 12. The predicted octanol–water partition coefficient (Wildman–Crippen LogP) is 4.30. The highest BCUT2D eigenvalue weighted by Gasteiger charge is 2.55. The lowest BCUT2D eigenvalue weighted by molar-refractivity contribution is -0.150. The SMILES string of the molecule is N#CCCC(=C1CCNC1=O)C1=C(C(=O)O)N2C(=O)[C@@H](NC(=O)C(=NOC(c3ccccc3)(c3ccccc3)c3ccccc3)c3csc(N)n3)[C@H]2SC1. The van der Waals surface area contributed by atoms with Crippen molar-refractivity contribution in [3.63, 3.8) is 0 Å². The first-order valence-electron chi connectivity index (χ1n) is 17.0. The van der Waals surface area contributed by atoms with Crippen LogP contribution in [-0.2, 0) is 29.6 Å². The Morgan fingerprint density at radius 1 is 1.04 bits per heavy atom. The number of nitriles is 1. The summed E-state index contributed by atoms with van der Waals surface area (Å²) in [4.78, 5) is 65.4. The molecule has 0 bridgehead atoms. The van der Waals surface area contributed by atoms with Gasteiger partial charge in [0.25, 0.3) is 11.8 Å². The van der Waals surface area contributed by atoms with Crippen molar-refractivity contribution < 1.29 is 29.1 Å². The number of hydrogen-bond acceptors (Lipinski definition) is 11. The van der Waals surface area contributed by atoms with Gasteiger partial charge in [-0.3, -0.25) is 19.3 Å². The number of aliphatic carboxylic acids is 1. The van der Waals surface area contributed by atoms with Gasteiger partial charge in [0.15, 0.2) is 10.8 Å². The van der Waals surface area contributed by atoms with E-state index in [-0.39, 0.29) is 46.7 Å². The number of thiazole rings is 1. The molecule has 3 aliphatic rings. The van der Waals surface area contributed by atoms with Gasteiger partial charge in [0.2, 0.25) is 11.5 Å². The Morgan fingerprint density at radius 3 is 2.15 bits per heavy atom. The van der Waals surface area contributed by atoms with Crippen molar-refractivity contribution in [2.45, 2.75) is 36.3 Å². The lowest BCUT2D eigenvalue weighted by Gasteiger charge is -2.49. The summed E-state index contributed by atoms with van der Waals surface area (Å²) in [6, 6.07) is 29.3. The maximum absolute atomic E-state index is 14.2. The molecule has 0 unspecified atom stereocenters. The Kier molecular flexibility index (Phi) is 10.3. The normalized spacial score (nSPS) is 19.3. The van der Waals surface area contributed by atoms with Gasteiger partial charge in [-0.05, 0) is 24.0 Å². The van der Waals surface area contributed by atoms with Crippen LogP contribution in [0, 0.1) is 11.3 Å². The van der Waals surface area contributed by atoms with Gasteiger partial charge in [-0.1, -0.05) is 96.2 Å². The first kappa shape index (κ1) is 36.1. The first-order valence-corrected chi connectivity index (χ1v) is 18.9. The van der Waals surface area contributed by atoms with E-state index in [0.29, 0.717) is 29.7 Å². The minimum atomic E-state index is -1.35. The van der Waals surface area contributed by atoms with E-state index in [1.165, 1.54) is 11.8 Å². The first-order chi connectivity index (χ1) is 26.2. The zero-order valence-corrected chi connectivity index (χ0v) is 30.2. The van der Waals surface area contributed by atoms with Gasteiger partial charge in [-0.25, -0.2) is 9.78 Å². The quantitative estimate of drug-likeness (QED) is 0.0531. The molecule has 2 saturated heterocycles. The second kappa shape index (κ2) is 15.4. The largest absolute Gasteiger partial charge is 0.477 e. The Balaban J connectivity index is 1.24. The van der Waals surface area contributed by atoms with E-state index >= 15 is 0 Å². The van der Waals surface area contributed by atoms with Crippen LogP contribution < -0.4 is 16.4 Å². The molecular weight excluding hydrogens is 727 g/mol. The summed E-state index contributed by atoms with van der Waals surface area (Å²) in [5.74, 6) is -2.97. The van der Waals surface area contributed by atoms with Gasteiger partial charge in [0.05, 0.1) is 6.07 Å². The number of carbonyl (C=O) groups excluding carboxylic acids is 3. The molecule has 5 N–H and O–H groups in total. The van der Waals surface area contributed by atoms with Crippen molar-refractivity contribution >= 4 is 57.6 Å². The molecule has 13 nitrogen and oxygen atoms in total. The summed E-state index contributed by atoms with van der Waals surface area (Å²) < 4.78 is 0. The maximum Gasteiger partial charge on any atom is 0.352 e. The van der Waals surface area contributed by atoms with Gasteiger partial charge >= 0.3 is 5.97 Å². The van der Waals surface area contributed by atoms with E-state index in [1.807, 2.05) is 91.0 Å². The van der Waals surface area contributed by atoms with Gasteiger partial charge in [-0.2, -0.15) is 5.26 Å². The second-order valence-corrected chi connectivity index (χ2v) is 14.5. The number of hydrogen-bond donors (Lipinski definition) is 4. The lowest BCUT2D eigenvalue weighted by Crippen LogP contribution is -2.71. The Bertz CT molecular complexity index is 2150. The number of oxime groups is 1. The van der Waals surface area contributed by atoms with Crippen LogP contribution in [0.4, 0.5) is 5.13 Å². The number of amides is 3. The number of carboxylic acids is 1. The smallest absolute Gasteiger partial charge is 0.352 e. The number of carbonyl (C=O) groups is 4. The number of thioether (sulfide) groups is 1. The minimum Gasteiger partial charge on any atom is -0.477 e. The van der Waals surface area contributed by atoms with Crippen LogP contribution in [0.15, 0.2) is 124 Å². The average molecular weight is 760 g/mol. The number of fused-ring (bicyclic) bond motifs is 1. The number of benzene rings is 3. The second-order valence-electron chi connectivity index (χ2n) is 12.5. The summed E-state index contributed by atoms with van der Waals surface area (Å²) in [6.45, 7) is 0.397. The molecule has 0 aliphatic carbocycles. The molecule has 2 fully saturated rings. The Labute approximate surface area is 318 Å². The molecule has 7 rings (SSSR count). The Hall–Kier alpha value is -6.24. The fourth-order valence-corrected chi connectivity index (χ4v) is 8.86. The number of nitrogens with one attached hydrogen (secondary N) is 2. The average Bonchev–Trinajstić information content (AvgIpc) is 3.83. The zero-order chi connectivity index (χ0) is 37.8. The van der Waals surface area contributed by atoms with Crippen LogP contribution in [0.5, 0.6) is 0 Å². The van der Waals surface area contributed by atoms with Crippen molar-refractivity contribution in [1.82, 2.24) is 20.5 Å². The molecule has 54 heavy (non-hydrogen) atoms. The third-order valence-electron chi connectivity index (χ3n) is 9.40. The van der Waals surface area contributed by atoms with Crippen LogP contribution >= 0.6 is 23.1 Å². The van der Waals surface area contributed by atoms with Gasteiger partial charge in [0.1, 0.15) is 22.8 Å². The maximum atomic E-state index is 14.2. The Morgan fingerprint density at radius 2 is 1.65 bits per heavy atom. The molecule has 2 atom stereocenters. The zero-order valence-electron chi connectivity index (χ0n) is 28.6. The molecular formula is C39H33N7O6S2. The number of aromatic nitrogens is 1. The van der Waals surface area contributed by atoms with E-state index in [2.05, 4.69) is 26.8 Å². The topological polar surface area (TPSA) is 200 Å². The fourth-order valence-electron chi connectivity index (χ4n) is 6.93. The van der Waals surface area contributed by atoms with E-state index < -0.39 is 34.8 Å². The number of anilines is 1. The van der Waals surface area contributed by atoms with Gasteiger partial charge < -0.3 is 26.3 Å². The summed E-state index contributed by atoms with van der Waals surface area (Å²) in [5.41, 5.74) is 7.66. The van der Waals surface area contributed by atoms with Crippen molar-refractivity contribution in [1.29, 1.82) is 5.26 Å². The highest BCUT2D eigenvalue weighted by atomic mass is 32.2. The molecule has 3 aliphatic heterocycles. The number of nitrogens with zero attached hydrogens (tertiary/aromatic N) is 4. The molecule has 1 aromatic heterocycles. The molecule has 272 valence electrons. The van der Waals surface area contributed by atoms with Crippen LogP contribution in [0.2, 0.25) is 0 Å². The fraction of sp³-hybridized carbons (Fsp3) is 0.205. The number of nitrogen functional groups attached to an aromatic ring is 1. The van der Waals surface area contributed by atoms with Crippen molar-refractivity contribution in [2.24, 2.45) is 5.16 Å². The molecule has 0 saturated carbocycles. The third kappa shape index (κ3) is 6.61. The monoisotopic (exact) mass is 759 g/mol.